The van der Waals surface area contributed by atoms with Gasteiger partial charge in [0, 0.05) is 12.6 Å². The number of nitrogens with one attached hydrogen (secondary N) is 1. The molecule has 1 aliphatic rings. The summed E-state index contributed by atoms with van der Waals surface area (Å²) < 4.78 is 80.5. The van der Waals surface area contributed by atoms with Gasteiger partial charge in [0.2, 0.25) is 0 Å². The second-order valence-electron chi connectivity index (χ2n) is 4.79. The van der Waals surface area contributed by atoms with Crippen molar-refractivity contribution in [2.75, 3.05) is 19.6 Å². The summed E-state index contributed by atoms with van der Waals surface area (Å²) in [6.07, 6.45) is -4.85. The minimum atomic E-state index is -4.62. The summed E-state index contributed by atoms with van der Waals surface area (Å²) in [6.45, 7) is -1.68. The van der Waals surface area contributed by atoms with Crippen molar-refractivity contribution in [1.29, 1.82) is 0 Å². The van der Waals surface area contributed by atoms with Gasteiger partial charge in [-0.25, -0.2) is 4.39 Å². The van der Waals surface area contributed by atoms with Crippen LogP contribution in [0, 0.1) is 5.82 Å². The van der Waals surface area contributed by atoms with Crippen molar-refractivity contribution in [1.82, 2.24) is 9.03 Å². The second kappa shape index (κ2) is 6.39. The minimum absolute atomic E-state index is 0.0349. The maximum Gasteiger partial charge on any atom is 0.402 e. The van der Waals surface area contributed by atoms with Crippen LogP contribution in [0.3, 0.4) is 0 Å². The number of alkyl halides is 3. The van der Waals surface area contributed by atoms with Gasteiger partial charge in [-0.15, -0.1) is 0 Å². The number of hydrogen-bond acceptors (Lipinski definition) is 3. The van der Waals surface area contributed by atoms with Crippen LogP contribution >= 0.6 is 0 Å². The predicted molar refractivity (Wildman–Crippen MR) is 70.0 cm³/mol. The van der Waals surface area contributed by atoms with E-state index in [-0.39, 0.29) is 18.8 Å². The Morgan fingerprint density at radius 2 is 2.09 bits per heavy atom. The molecule has 0 aliphatic carbocycles. The molecule has 1 aromatic carbocycles. The van der Waals surface area contributed by atoms with E-state index in [1.807, 2.05) is 0 Å². The molecule has 0 amide bonds. The van der Waals surface area contributed by atoms with Crippen LogP contribution in [-0.2, 0) is 10.2 Å². The Hall–Kier alpha value is -1.39. The molecule has 0 saturated carbocycles. The zero-order valence-electron chi connectivity index (χ0n) is 11.3. The molecule has 22 heavy (non-hydrogen) atoms. The fourth-order valence-electron chi connectivity index (χ4n) is 2.01. The van der Waals surface area contributed by atoms with Gasteiger partial charge in [0.1, 0.15) is 24.2 Å². The topological polar surface area (TPSA) is 58.6 Å². The molecule has 5 nitrogen and oxygen atoms in total. The Labute approximate surface area is 125 Å². The molecule has 1 N–H and O–H groups in total. The summed E-state index contributed by atoms with van der Waals surface area (Å²) in [6, 6.07) is 5.35. The molecule has 1 saturated heterocycles. The molecule has 0 aromatic heterocycles. The highest BCUT2D eigenvalue weighted by molar-refractivity contribution is 7.87. The van der Waals surface area contributed by atoms with Gasteiger partial charge in [0.25, 0.3) is 10.2 Å². The summed E-state index contributed by atoms with van der Waals surface area (Å²) in [4.78, 5) is 0. The summed E-state index contributed by atoms with van der Waals surface area (Å²) in [5, 5.41) is 0. The third-order valence-corrected chi connectivity index (χ3v) is 4.52. The average Bonchev–Trinajstić information content (AvgIpc) is 2.85. The van der Waals surface area contributed by atoms with Crippen LogP contribution in [0.2, 0.25) is 0 Å². The van der Waals surface area contributed by atoms with Crippen LogP contribution in [0.5, 0.6) is 5.75 Å². The first-order chi connectivity index (χ1) is 10.2. The van der Waals surface area contributed by atoms with E-state index in [4.69, 9.17) is 4.74 Å². The Bertz CT molecular complexity index is 621. The van der Waals surface area contributed by atoms with Crippen molar-refractivity contribution < 1.29 is 30.7 Å². The lowest BCUT2D eigenvalue weighted by Crippen LogP contribution is -2.43. The number of rotatable bonds is 5. The van der Waals surface area contributed by atoms with Crippen molar-refractivity contribution >= 4 is 10.2 Å². The lowest BCUT2D eigenvalue weighted by atomic mass is 10.3. The number of hydrogen-bond donors (Lipinski definition) is 1. The van der Waals surface area contributed by atoms with E-state index in [0.717, 1.165) is 10.4 Å². The molecular formula is C12H14F4N2O3S. The van der Waals surface area contributed by atoms with Crippen LogP contribution in [0.15, 0.2) is 24.3 Å². The average molecular weight is 342 g/mol. The molecule has 1 aromatic rings. The van der Waals surface area contributed by atoms with E-state index < -0.39 is 34.9 Å². The normalized spacial score (nSPS) is 20.3. The first-order valence-corrected chi connectivity index (χ1v) is 7.83. The molecule has 124 valence electrons. The van der Waals surface area contributed by atoms with E-state index in [1.54, 1.807) is 0 Å². The highest BCUT2D eigenvalue weighted by atomic mass is 32.2. The molecule has 1 heterocycles. The van der Waals surface area contributed by atoms with Gasteiger partial charge in [-0.1, -0.05) is 6.07 Å². The Balaban J connectivity index is 1.92. The largest absolute Gasteiger partial charge is 0.489 e. The van der Waals surface area contributed by atoms with Crippen molar-refractivity contribution in [3.8, 4) is 5.75 Å². The maximum absolute atomic E-state index is 13.0. The summed E-state index contributed by atoms with van der Waals surface area (Å²) in [5.74, 6) is -0.251. The first kappa shape index (κ1) is 17.0. The second-order valence-corrected chi connectivity index (χ2v) is 6.54. The highest BCUT2D eigenvalue weighted by Gasteiger charge is 2.36. The standard InChI is InChI=1S/C12H14F4N2O3S/c13-9-2-1-3-10(6-9)21-11-4-5-18(7-11)22(19,20)17-8-12(14,15)16/h1-3,6,11,17H,4-5,7-8H2. The Morgan fingerprint density at radius 1 is 1.36 bits per heavy atom. The summed E-state index contributed by atoms with van der Waals surface area (Å²) in [5.41, 5.74) is 0. The number of benzene rings is 1. The lowest BCUT2D eigenvalue weighted by Gasteiger charge is -2.18. The molecule has 1 fully saturated rings. The van der Waals surface area contributed by atoms with Crippen molar-refractivity contribution in [2.45, 2.75) is 18.7 Å². The maximum atomic E-state index is 13.0. The third-order valence-electron chi connectivity index (χ3n) is 3.00. The number of ether oxygens (including phenoxy) is 1. The first-order valence-electron chi connectivity index (χ1n) is 6.39. The molecular weight excluding hydrogens is 328 g/mol. The van der Waals surface area contributed by atoms with Gasteiger partial charge < -0.3 is 4.74 Å². The van der Waals surface area contributed by atoms with E-state index in [9.17, 15) is 26.0 Å². The van der Waals surface area contributed by atoms with E-state index >= 15 is 0 Å². The van der Waals surface area contributed by atoms with Gasteiger partial charge in [-0.2, -0.15) is 30.6 Å². The minimum Gasteiger partial charge on any atom is -0.489 e. The summed E-state index contributed by atoms with van der Waals surface area (Å²) in [7, 11) is -4.22. The van der Waals surface area contributed by atoms with Gasteiger partial charge in [0.05, 0.1) is 6.54 Å². The Kier molecular flexibility index (Phi) is 4.93. The molecule has 0 spiro atoms. The molecule has 1 atom stereocenters. The Morgan fingerprint density at radius 3 is 2.73 bits per heavy atom. The van der Waals surface area contributed by atoms with E-state index in [2.05, 4.69) is 0 Å². The van der Waals surface area contributed by atoms with Crippen LogP contribution in [0.4, 0.5) is 17.6 Å². The van der Waals surface area contributed by atoms with Gasteiger partial charge >= 0.3 is 6.18 Å². The van der Waals surface area contributed by atoms with Gasteiger partial charge in [-0.3, -0.25) is 0 Å². The fraction of sp³-hybridized carbons (Fsp3) is 0.500. The van der Waals surface area contributed by atoms with Crippen LogP contribution in [0.1, 0.15) is 6.42 Å². The molecule has 0 radical (unpaired) electrons. The van der Waals surface area contributed by atoms with E-state index in [1.165, 1.54) is 22.9 Å². The number of nitrogens with zero attached hydrogens (tertiary/aromatic N) is 1. The fourth-order valence-corrected chi connectivity index (χ4v) is 3.25. The van der Waals surface area contributed by atoms with Crippen LogP contribution in [-0.4, -0.2) is 44.6 Å². The van der Waals surface area contributed by atoms with Crippen LogP contribution in [0.25, 0.3) is 0 Å². The zero-order valence-corrected chi connectivity index (χ0v) is 12.1. The quantitative estimate of drug-likeness (QED) is 0.829. The zero-order chi connectivity index (χ0) is 16.4. The molecule has 0 bridgehead atoms. The van der Waals surface area contributed by atoms with Crippen molar-refractivity contribution in [2.24, 2.45) is 0 Å². The predicted octanol–water partition coefficient (Wildman–Crippen LogP) is 1.68. The van der Waals surface area contributed by atoms with Crippen LogP contribution < -0.4 is 9.46 Å². The van der Waals surface area contributed by atoms with Gasteiger partial charge in [-0.05, 0) is 18.6 Å². The van der Waals surface area contributed by atoms with Crippen molar-refractivity contribution in [3.05, 3.63) is 30.1 Å². The SMILES string of the molecule is O=S(=O)(NCC(F)(F)F)N1CCC(Oc2cccc(F)c2)C1. The van der Waals surface area contributed by atoms with Crippen molar-refractivity contribution in [3.63, 3.8) is 0 Å². The third kappa shape index (κ3) is 4.82. The lowest BCUT2D eigenvalue weighted by molar-refractivity contribution is -0.121. The van der Waals surface area contributed by atoms with Gasteiger partial charge in [0.15, 0.2) is 0 Å². The number of halogens is 4. The summed E-state index contributed by atoms with van der Waals surface area (Å²) >= 11 is 0. The smallest absolute Gasteiger partial charge is 0.402 e. The highest BCUT2D eigenvalue weighted by Crippen LogP contribution is 2.21. The molecule has 1 unspecified atom stereocenters. The molecule has 10 heteroatoms. The molecule has 1 aliphatic heterocycles. The molecule has 2 rings (SSSR count). The monoisotopic (exact) mass is 342 g/mol. The van der Waals surface area contributed by atoms with E-state index in [0.29, 0.717) is 6.42 Å².